The molecule has 8 heteroatoms. The number of carbonyl (C=O) groups is 3. The van der Waals surface area contributed by atoms with E-state index in [4.69, 9.17) is 14.2 Å². The number of unbranched alkanes of at least 4 members (excludes halogenated alkanes) is 1. The van der Waals surface area contributed by atoms with Crippen LogP contribution in [0.5, 0.6) is 11.5 Å². The number of nitrogens with zero attached hydrogens (tertiary/aromatic N) is 1. The van der Waals surface area contributed by atoms with Gasteiger partial charge in [0.05, 0.1) is 18.6 Å². The molecule has 0 N–H and O–H groups in total. The van der Waals surface area contributed by atoms with Gasteiger partial charge in [-0.2, -0.15) is 0 Å². The van der Waals surface area contributed by atoms with Gasteiger partial charge in [-0.05, 0) is 58.3 Å². The molecular weight excluding hydrogens is 478 g/mol. The van der Waals surface area contributed by atoms with Crippen molar-refractivity contribution in [1.29, 1.82) is 0 Å². The topological polar surface area (TPSA) is 82.1 Å². The van der Waals surface area contributed by atoms with E-state index in [-0.39, 0.29) is 11.5 Å². The molecule has 1 fully saturated rings. The van der Waals surface area contributed by atoms with E-state index in [0.717, 1.165) is 45.8 Å². The van der Waals surface area contributed by atoms with E-state index >= 15 is 0 Å². The summed E-state index contributed by atoms with van der Waals surface area (Å²) in [6, 6.07) is 19.5. The van der Waals surface area contributed by atoms with Gasteiger partial charge in [-0.15, -0.1) is 0 Å². The number of benzene rings is 3. The Morgan fingerprint density at radius 2 is 1.83 bits per heavy atom. The summed E-state index contributed by atoms with van der Waals surface area (Å²) in [6.07, 6.45) is 3.22. The van der Waals surface area contributed by atoms with Crippen LogP contribution in [0.25, 0.3) is 16.8 Å². The Morgan fingerprint density at radius 3 is 2.64 bits per heavy atom. The van der Waals surface area contributed by atoms with Crippen molar-refractivity contribution in [3.8, 4) is 11.5 Å². The first-order valence-corrected chi connectivity index (χ1v) is 12.5. The lowest BCUT2D eigenvalue weighted by Gasteiger charge is -2.13. The molecule has 0 spiro atoms. The number of amides is 2. The molecule has 1 aliphatic heterocycles. The number of methoxy groups -OCH3 is 1. The zero-order valence-electron chi connectivity index (χ0n) is 20.2. The minimum atomic E-state index is -0.596. The van der Waals surface area contributed by atoms with Crippen molar-refractivity contribution in [3.05, 3.63) is 76.7 Å². The van der Waals surface area contributed by atoms with Gasteiger partial charge < -0.3 is 14.2 Å². The molecule has 186 valence electrons. The summed E-state index contributed by atoms with van der Waals surface area (Å²) in [5.41, 5.74) is 1.72. The van der Waals surface area contributed by atoms with Crippen molar-refractivity contribution in [2.75, 3.05) is 20.3 Å². The molecule has 0 aliphatic carbocycles. The Balaban J connectivity index is 1.45. The number of esters is 1. The fourth-order valence-electron chi connectivity index (χ4n) is 3.76. The average molecular weight is 506 g/mol. The number of ether oxygens (including phenoxy) is 3. The molecule has 7 nitrogen and oxygen atoms in total. The van der Waals surface area contributed by atoms with Crippen LogP contribution in [0.2, 0.25) is 0 Å². The van der Waals surface area contributed by atoms with Crippen molar-refractivity contribution in [2.45, 2.75) is 26.4 Å². The van der Waals surface area contributed by atoms with Crippen LogP contribution in [0, 0.1) is 0 Å². The molecule has 4 rings (SSSR count). The Bertz CT molecular complexity index is 1310. The highest BCUT2D eigenvalue weighted by Crippen LogP contribution is 2.35. The van der Waals surface area contributed by atoms with Gasteiger partial charge in [0.2, 0.25) is 0 Å². The molecule has 1 heterocycles. The largest absolute Gasteiger partial charge is 0.493 e. The van der Waals surface area contributed by atoms with Gasteiger partial charge >= 0.3 is 5.97 Å². The molecule has 1 aliphatic rings. The summed E-state index contributed by atoms with van der Waals surface area (Å²) >= 11 is 0.792. The Labute approximate surface area is 214 Å². The molecule has 3 aromatic carbocycles. The molecule has 0 aromatic heterocycles. The van der Waals surface area contributed by atoms with Crippen molar-refractivity contribution in [3.63, 3.8) is 0 Å². The molecule has 2 amide bonds. The summed E-state index contributed by atoms with van der Waals surface area (Å²) < 4.78 is 16.6. The predicted octanol–water partition coefficient (Wildman–Crippen LogP) is 5.81. The maximum absolute atomic E-state index is 12.7. The fraction of sp³-hybridized carbons (Fsp3) is 0.250. The van der Waals surface area contributed by atoms with E-state index in [1.165, 1.54) is 0 Å². The minimum absolute atomic E-state index is 0.229. The van der Waals surface area contributed by atoms with Crippen LogP contribution in [-0.4, -0.2) is 42.3 Å². The molecule has 3 aromatic rings. The van der Waals surface area contributed by atoms with Gasteiger partial charge in [-0.3, -0.25) is 19.3 Å². The SMILES string of the molecule is CCCCOC(=O)CN1C(=O)S/C(=C/c2ccc(OCc3cccc4ccccc34)c(OC)c2)C1=O. The first-order valence-electron chi connectivity index (χ1n) is 11.7. The predicted molar refractivity (Wildman–Crippen MR) is 140 cm³/mol. The van der Waals surface area contributed by atoms with E-state index in [1.54, 1.807) is 31.4 Å². The maximum atomic E-state index is 12.7. The first-order chi connectivity index (χ1) is 17.5. The second-order valence-corrected chi connectivity index (χ2v) is 9.17. The van der Waals surface area contributed by atoms with E-state index in [9.17, 15) is 14.4 Å². The van der Waals surface area contributed by atoms with Crippen LogP contribution in [0.4, 0.5) is 4.79 Å². The van der Waals surface area contributed by atoms with Crippen LogP contribution in [0.3, 0.4) is 0 Å². The van der Waals surface area contributed by atoms with Gasteiger partial charge in [0.25, 0.3) is 11.1 Å². The molecule has 0 atom stereocenters. The minimum Gasteiger partial charge on any atom is -0.493 e. The van der Waals surface area contributed by atoms with Crippen molar-refractivity contribution < 1.29 is 28.6 Å². The molecule has 0 bridgehead atoms. The zero-order chi connectivity index (χ0) is 25.5. The number of hydrogen-bond donors (Lipinski definition) is 0. The number of rotatable bonds is 10. The molecule has 0 unspecified atom stereocenters. The number of thioether (sulfide) groups is 1. The number of imide groups is 1. The summed E-state index contributed by atoms with van der Waals surface area (Å²) in [5, 5.41) is 1.77. The molecule has 0 saturated carbocycles. The number of fused-ring (bicyclic) bond motifs is 1. The van der Waals surface area contributed by atoms with E-state index in [2.05, 4.69) is 18.2 Å². The van der Waals surface area contributed by atoms with E-state index < -0.39 is 23.7 Å². The Hall–Kier alpha value is -3.78. The number of carbonyl (C=O) groups excluding carboxylic acids is 3. The monoisotopic (exact) mass is 505 g/mol. The highest BCUT2D eigenvalue weighted by Gasteiger charge is 2.36. The smallest absolute Gasteiger partial charge is 0.326 e. The van der Waals surface area contributed by atoms with E-state index in [0.29, 0.717) is 23.7 Å². The van der Waals surface area contributed by atoms with Crippen LogP contribution >= 0.6 is 11.8 Å². The fourth-order valence-corrected chi connectivity index (χ4v) is 4.60. The Morgan fingerprint density at radius 1 is 1.03 bits per heavy atom. The number of hydrogen-bond acceptors (Lipinski definition) is 7. The lowest BCUT2D eigenvalue weighted by Crippen LogP contribution is -2.34. The summed E-state index contributed by atoms with van der Waals surface area (Å²) in [4.78, 5) is 38.1. The normalized spacial score (nSPS) is 14.5. The molecule has 1 saturated heterocycles. The highest BCUT2D eigenvalue weighted by molar-refractivity contribution is 8.18. The van der Waals surface area contributed by atoms with Crippen LogP contribution in [0.15, 0.2) is 65.6 Å². The summed E-state index contributed by atoms with van der Waals surface area (Å²) in [5.74, 6) is -0.0534. The average Bonchev–Trinajstić information content (AvgIpc) is 3.15. The second kappa shape index (κ2) is 11.8. The van der Waals surface area contributed by atoms with Gasteiger partial charge in [0.1, 0.15) is 13.2 Å². The summed E-state index contributed by atoms with van der Waals surface area (Å²) in [7, 11) is 1.54. The van der Waals surface area contributed by atoms with Crippen LogP contribution in [-0.2, 0) is 20.9 Å². The quantitative estimate of drug-likeness (QED) is 0.195. The zero-order valence-corrected chi connectivity index (χ0v) is 21.0. The molecular formula is C28H27NO6S. The van der Waals surface area contributed by atoms with E-state index in [1.807, 2.05) is 31.2 Å². The molecule has 36 heavy (non-hydrogen) atoms. The third-order valence-corrected chi connectivity index (χ3v) is 6.58. The standard InChI is InChI=1S/C28H27NO6S/c1-3-4-14-34-26(30)17-29-27(31)25(36-28(29)32)16-19-12-13-23(24(15-19)33-2)35-18-21-10-7-9-20-8-5-6-11-22(20)21/h5-13,15-16H,3-4,14,17-18H2,1-2H3/b25-16+. The van der Waals surface area contributed by atoms with Crippen molar-refractivity contribution in [1.82, 2.24) is 4.90 Å². The summed E-state index contributed by atoms with van der Waals surface area (Å²) in [6.45, 7) is 2.23. The second-order valence-electron chi connectivity index (χ2n) is 8.18. The third kappa shape index (κ3) is 5.88. The van der Waals surface area contributed by atoms with Gasteiger partial charge in [-0.25, -0.2) is 0 Å². The Kier molecular flexibility index (Phi) is 8.28. The van der Waals surface area contributed by atoms with Crippen molar-refractivity contribution >= 4 is 45.7 Å². The first kappa shape index (κ1) is 25.3. The van der Waals surface area contributed by atoms with Crippen LogP contribution in [0.1, 0.15) is 30.9 Å². The van der Waals surface area contributed by atoms with Gasteiger partial charge in [0.15, 0.2) is 11.5 Å². The van der Waals surface area contributed by atoms with Crippen LogP contribution < -0.4 is 9.47 Å². The van der Waals surface area contributed by atoms with Gasteiger partial charge in [0, 0.05) is 0 Å². The van der Waals surface area contributed by atoms with Gasteiger partial charge in [-0.1, -0.05) is 61.9 Å². The lowest BCUT2D eigenvalue weighted by molar-refractivity contribution is -0.146. The molecule has 0 radical (unpaired) electrons. The maximum Gasteiger partial charge on any atom is 0.326 e. The third-order valence-electron chi connectivity index (χ3n) is 5.67. The highest BCUT2D eigenvalue weighted by atomic mass is 32.2. The van der Waals surface area contributed by atoms with Crippen molar-refractivity contribution in [2.24, 2.45) is 0 Å². The lowest BCUT2D eigenvalue weighted by atomic mass is 10.1.